The Labute approximate surface area is 180 Å². The lowest BCUT2D eigenvalue weighted by Crippen LogP contribution is -2.30. The van der Waals surface area contributed by atoms with E-state index in [1.54, 1.807) is 36.4 Å². The molecule has 150 valence electrons. The Hall–Kier alpha value is -2.48. The van der Waals surface area contributed by atoms with Crippen molar-refractivity contribution in [3.05, 3.63) is 51.3 Å². The first-order chi connectivity index (χ1) is 13.9. The molecule has 6 nitrogen and oxygen atoms in total. The van der Waals surface area contributed by atoms with E-state index in [0.717, 1.165) is 4.70 Å². The van der Waals surface area contributed by atoms with Crippen molar-refractivity contribution in [2.75, 3.05) is 18.5 Å². The highest BCUT2D eigenvalue weighted by molar-refractivity contribution is 7.21. The van der Waals surface area contributed by atoms with E-state index < -0.39 is 18.0 Å². The van der Waals surface area contributed by atoms with Gasteiger partial charge in [0.25, 0.3) is 5.91 Å². The zero-order chi connectivity index (χ0) is 20.5. The van der Waals surface area contributed by atoms with E-state index in [1.165, 1.54) is 18.3 Å². The number of carbonyl (C=O) groups excluding carboxylic acids is 2. The molecule has 9 heteroatoms. The van der Waals surface area contributed by atoms with E-state index in [0.29, 0.717) is 40.8 Å². The van der Waals surface area contributed by atoms with Gasteiger partial charge in [0.1, 0.15) is 18.1 Å². The van der Waals surface area contributed by atoms with Crippen LogP contribution in [0.25, 0.3) is 10.1 Å². The summed E-state index contributed by atoms with van der Waals surface area (Å²) in [5.74, 6) is 0.0232. The lowest BCUT2D eigenvalue weighted by Gasteiger charge is -2.19. The summed E-state index contributed by atoms with van der Waals surface area (Å²) < 4.78 is 17.0. The molecule has 1 amide bonds. The summed E-state index contributed by atoms with van der Waals surface area (Å²) in [5.41, 5.74) is 0.511. The van der Waals surface area contributed by atoms with Crippen molar-refractivity contribution >= 4 is 62.2 Å². The molecule has 0 spiro atoms. The minimum atomic E-state index is -1.03. The third-order valence-electron chi connectivity index (χ3n) is 4.24. The fourth-order valence-electron chi connectivity index (χ4n) is 2.80. The Morgan fingerprint density at radius 1 is 1.10 bits per heavy atom. The number of carbonyl (C=O) groups is 2. The van der Waals surface area contributed by atoms with Crippen LogP contribution in [0.2, 0.25) is 10.0 Å². The highest BCUT2D eigenvalue weighted by Crippen LogP contribution is 2.37. The molecular formula is C20H15Cl2NO5S. The minimum absolute atomic E-state index is 0.225. The molecule has 1 aliphatic heterocycles. The molecule has 0 saturated carbocycles. The van der Waals surface area contributed by atoms with Crippen LogP contribution in [0.5, 0.6) is 11.5 Å². The van der Waals surface area contributed by atoms with Gasteiger partial charge in [-0.3, -0.25) is 4.79 Å². The zero-order valence-corrected chi connectivity index (χ0v) is 17.5. The molecule has 1 aliphatic rings. The first-order valence-corrected chi connectivity index (χ1v) is 10.3. The van der Waals surface area contributed by atoms with Crippen LogP contribution in [0.3, 0.4) is 0 Å². The van der Waals surface area contributed by atoms with E-state index in [1.807, 2.05) is 0 Å². The van der Waals surface area contributed by atoms with Crippen LogP contribution in [-0.2, 0) is 9.53 Å². The fourth-order valence-corrected chi connectivity index (χ4v) is 4.47. The minimum Gasteiger partial charge on any atom is -0.486 e. The highest BCUT2D eigenvalue weighted by atomic mass is 35.5. The maximum absolute atomic E-state index is 12.5. The Kier molecular flexibility index (Phi) is 5.54. The quantitative estimate of drug-likeness (QED) is 0.554. The molecule has 4 rings (SSSR count). The molecule has 0 bridgehead atoms. The van der Waals surface area contributed by atoms with Gasteiger partial charge in [-0.2, -0.15) is 0 Å². The van der Waals surface area contributed by atoms with Crippen molar-refractivity contribution in [2.45, 2.75) is 13.0 Å². The van der Waals surface area contributed by atoms with Gasteiger partial charge < -0.3 is 19.5 Å². The summed E-state index contributed by atoms with van der Waals surface area (Å²) in [4.78, 5) is 25.2. The molecule has 2 aromatic carbocycles. The fraction of sp³-hybridized carbons (Fsp3) is 0.200. The molecule has 0 aliphatic carbocycles. The Bertz CT molecular complexity index is 1110. The number of amides is 1. The number of rotatable bonds is 4. The molecule has 0 saturated heterocycles. The van der Waals surface area contributed by atoms with Crippen LogP contribution in [0.4, 0.5) is 5.69 Å². The first-order valence-electron chi connectivity index (χ1n) is 8.71. The van der Waals surface area contributed by atoms with Crippen LogP contribution in [0.1, 0.15) is 16.6 Å². The summed E-state index contributed by atoms with van der Waals surface area (Å²) >= 11 is 13.5. The topological polar surface area (TPSA) is 73.9 Å². The number of nitrogens with one attached hydrogen (secondary N) is 1. The summed E-state index contributed by atoms with van der Waals surface area (Å²) in [6.45, 7) is 2.42. The smallest absolute Gasteiger partial charge is 0.350 e. The number of halogens is 2. The maximum Gasteiger partial charge on any atom is 0.350 e. The lowest BCUT2D eigenvalue weighted by atomic mass is 10.2. The average molecular weight is 452 g/mol. The molecule has 1 aromatic heterocycles. The second-order valence-corrected chi connectivity index (χ2v) is 8.15. The number of esters is 1. The van der Waals surface area contributed by atoms with E-state index in [9.17, 15) is 9.59 Å². The zero-order valence-electron chi connectivity index (χ0n) is 15.2. The number of ether oxygens (including phenoxy) is 3. The van der Waals surface area contributed by atoms with Gasteiger partial charge in [-0.05, 0) is 31.2 Å². The summed E-state index contributed by atoms with van der Waals surface area (Å²) in [7, 11) is 0. The van der Waals surface area contributed by atoms with Crippen molar-refractivity contribution in [3.63, 3.8) is 0 Å². The number of hydrogen-bond acceptors (Lipinski definition) is 6. The van der Waals surface area contributed by atoms with Gasteiger partial charge in [0.15, 0.2) is 17.6 Å². The molecule has 2 heterocycles. The molecular weight excluding hydrogens is 437 g/mol. The highest BCUT2D eigenvalue weighted by Gasteiger charge is 2.24. The predicted octanol–water partition coefficient (Wildman–Crippen LogP) is 5.16. The van der Waals surface area contributed by atoms with Gasteiger partial charge in [-0.15, -0.1) is 11.3 Å². The van der Waals surface area contributed by atoms with Gasteiger partial charge >= 0.3 is 5.97 Å². The number of anilines is 1. The van der Waals surface area contributed by atoms with E-state index in [-0.39, 0.29) is 9.90 Å². The van der Waals surface area contributed by atoms with Crippen LogP contribution in [0.15, 0.2) is 36.4 Å². The van der Waals surface area contributed by atoms with Crippen LogP contribution in [-0.4, -0.2) is 31.2 Å². The van der Waals surface area contributed by atoms with E-state index in [2.05, 4.69) is 5.32 Å². The van der Waals surface area contributed by atoms with Crippen molar-refractivity contribution in [1.29, 1.82) is 0 Å². The van der Waals surface area contributed by atoms with Crippen molar-refractivity contribution < 1.29 is 23.8 Å². The molecule has 1 atom stereocenters. The predicted molar refractivity (Wildman–Crippen MR) is 113 cm³/mol. The van der Waals surface area contributed by atoms with Crippen molar-refractivity contribution in [2.24, 2.45) is 0 Å². The number of hydrogen-bond donors (Lipinski definition) is 1. The van der Waals surface area contributed by atoms with Crippen molar-refractivity contribution in [1.82, 2.24) is 0 Å². The molecule has 0 radical (unpaired) electrons. The monoisotopic (exact) mass is 451 g/mol. The Morgan fingerprint density at radius 2 is 1.86 bits per heavy atom. The number of benzene rings is 2. The second kappa shape index (κ2) is 8.10. The SMILES string of the molecule is C[C@@H](OC(=O)c1sc2cc(Cl)ccc2c1Cl)C(=O)Nc1ccc2c(c1)OCCO2. The molecule has 3 aromatic rings. The van der Waals surface area contributed by atoms with Crippen LogP contribution in [0, 0.1) is 0 Å². The van der Waals surface area contributed by atoms with Crippen LogP contribution >= 0.6 is 34.5 Å². The van der Waals surface area contributed by atoms with E-state index in [4.69, 9.17) is 37.4 Å². The summed E-state index contributed by atoms with van der Waals surface area (Å²) in [6, 6.07) is 10.2. The summed E-state index contributed by atoms with van der Waals surface area (Å²) in [5, 5.41) is 4.24. The average Bonchev–Trinajstić information content (AvgIpc) is 3.03. The largest absolute Gasteiger partial charge is 0.486 e. The Morgan fingerprint density at radius 3 is 2.66 bits per heavy atom. The molecule has 0 fully saturated rings. The lowest BCUT2D eigenvalue weighted by molar-refractivity contribution is -0.123. The molecule has 0 unspecified atom stereocenters. The van der Waals surface area contributed by atoms with Gasteiger partial charge in [0.2, 0.25) is 0 Å². The van der Waals surface area contributed by atoms with Crippen LogP contribution < -0.4 is 14.8 Å². The van der Waals surface area contributed by atoms with Gasteiger partial charge in [-0.25, -0.2) is 4.79 Å². The third kappa shape index (κ3) is 4.12. The van der Waals surface area contributed by atoms with Gasteiger partial charge in [0, 0.05) is 26.9 Å². The maximum atomic E-state index is 12.5. The Balaban J connectivity index is 1.44. The van der Waals surface area contributed by atoms with Crippen molar-refractivity contribution in [3.8, 4) is 11.5 Å². The standard InChI is InChI=1S/C20H15Cl2NO5S/c1-10(19(24)23-12-3-5-14-15(9-12)27-7-6-26-14)28-20(25)18-17(22)13-4-2-11(21)8-16(13)29-18/h2-5,8-10H,6-7H2,1H3,(H,23,24)/t10-/m1/s1. The number of fused-ring (bicyclic) bond motifs is 2. The van der Waals surface area contributed by atoms with Gasteiger partial charge in [0.05, 0.1) is 5.02 Å². The normalized spacial score (nSPS) is 13.8. The van der Waals surface area contributed by atoms with E-state index >= 15 is 0 Å². The number of thiophene rings is 1. The third-order valence-corrected chi connectivity index (χ3v) is 6.11. The van der Waals surface area contributed by atoms with Gasteiger partial charge in [-0.1, -0.05) is 29.3 Å². The molecule has 1 N–H and O–H groups in total. The second-order valence-electron chi connectivity index (χ2n) is 6.28. The molecule has 29 heavy (non-hydrogen) atoms. The first kappa shape index (κ1) is 19.8. The summed E-state index contributed by atoms with van der Waals surface area (Å²) in [6.07, 6.45) is -1.03.